The Bertz CT molecular complexity index is 550. The van der Waals surface area contributed by atoms with E-state index in [1.54, 1.807) is 11.3 Å². The highest BCUT2D eigenvalue weighted by Gasteiger charge is 2.20. The molecule has 0 radical (unpaired) electrons. The van der Waals surface area contributed by atoms with Gasteiger partial charge in [-0.15, -0.1) is 11.3 Å². The number of rotatable bonds is 5. The van der Waals surface area contributed by atoms with Crippen LogP contribution in [-0.2, 0) is 6.54 Å². The van der Waals surface area contributed by atoms with Crippen molar-refractivity contribution in [2.75, 3.05) is 18.4 Å². The summed E-state index contributed by atoms with van der Waals surface area (Å²) in [5.74, 6) is 0.640. The van der Waals surface area contributed by atoms with Gasteiger partial charge in [0.2, 0.25) is 0 Å². The lowest BCUT2D eigenvalue weighted by atomic mass is 9.98. The fourth-order valence-corrected chi connectivity index (χ4v) is 3.31. The van der Waals surface area contributed by atoms with E-state index in [9.17, 15) is 0 Å². The van der Waals surface area contributed by atoms with Gasteiger partial charge in [0, 0.05) is 35.8 Å². The van der Waals surface area contributed by atoms with Gasteiger partial charge < -0.3 is 10.6 Å². The van der Waals surface area contributed by atoms with Crippen molar-refractivity contribution >= 4 is 17.0 Å². The van der Waals surface area contributed by atoms with Gasteiger partial charge >= 0.3 is 0 Å². The minimum Gasteiger partial charge on any atom is -0.384 e. The number of aromatic nitrogens is 1. The summed E-state index contributed by atoms with van der Waals surface area (Å²) in [6, 6.07) is 8.63. The molecule has 0 saturated carbocycles. The predicted molar refractivity (Wildman–Crippen MR) is 80.8 cm³/mol. The fourth-order valence-electron chi connectivity index (χ4n) is 2.57. The largest absolute Gasteiger partial charge is 0.384 e. The molecule has 4 heteroatoms. The van der Waals surface area contributed by atoms with Crippen LogP contribution >= 0.6 is 11.3 Å². The molecule has 100 valence electrons. The quantitative estimate of drug-likeness (QED) is 0.822. The first-order valence-electron chi connectivity index (χ1n) is 6.77. The Morgan fingerprint density at radius 1 is 1.42 bits per heavy atom. The standard InChI is InChI=1S/C15H19N3S/c1-11-10-19-15(18-11)9-16-7-6-12-8-17-14-5-3-2-4-13(12)14/h2-5,10,12,16-17H,6-9H2,1H3. The predicted octanol–water partition coefficient (Wildman–Crippen LogP) is 3.14. The first-order valence-corrected chi connectivity index (χ1v) is 7.65. The highest BCUT2D eigenvalue weighted by molar-refractivity contribution is 7.09. The van der Waals surface area contributed by atoms with E-state index in [0.717, 1.165) is 25.3 Å². The Morgan fingerprint density at radius 3 is 3.16 bits per heavy atom. The lowest BCUT2D eigenvalue weighted by Gasteiger charge is -2.10. The normalized spacial score (nSPS) is 17.2. The van der Waals surface area contributed by atoms with Crippen LogP contribution in [0.15, 0.2) is 29.6 Å². The van der Waals surface area contributed by atoms with Crippen LogP contribution in [0.1, 0.15) is 28.6 Å². The van der Waals surface area contributed by atoms with E-state index in [-0.39, 0.29) is 0 Å². The summed E-state index contributed by atoms with van der Waals surface area (Å²) in [6.07, 6.45) is 1.17. The highest BCUT2D eigenvalue weighted by Crippen LogP contribution is 2.32. The summed E-state index contributed by atoms with van der Waals surface area (Å²) in [7, 11) is 0. The summed E-state index contributed by atoms with van der Waals surface area (Å²) in [5, 5.41) is 10.3. The van der Waals surface area contributed by atoms with E-state index in [1.807, 2.05) is 6.92 Å². The Hall–Kier alpha value is -1.39. The van der Waals surface area contributed by atoms with Gasteiger partial charge in [-0.2, -0.15) is 0 Å². The van der Waals surface area contributed by atoms with E-state index in [4.69, 9.17) is 0 Å². The third-order valence-electron chi connectivity index (χ3n) is 3.55. The molecule has 0 aliphatic carbocycles. The van der Waals surface area contributed by atoms with Crippen molar-refractivity contribution in [1.29, 1.82) is 0 Å². The van der Waals surface area contributed by atoms with Crippen LogP contribution in [0.3, 0.4) is 0 Å². The molecule has 3 rings (SSSR count). The molecule has 1 aliphatic rings. The third kappa shape index (κ3) is 2.96. The van der Waals surface area contributed by atoms with E-state index < -0.39 is 0 Å². The molecule has 1 aliphatic heterocycles. The van der Waals surface area contributed by atoms with Gasteiger partial charge in [-0.25, -0.2) is 4.98 Å². The van der Waals surface area contributed by atoms with Crippen molar-refractivity contribution in [3.8, 4) is 0 Å². The second-order valence-corrected chi connectivity index (χ2v) is 5.96. The molecule has 1 unspecified atom stereocenters. The van der Waals surface area contributed by atoms with E-state index in [0.29, 0.717) is 5.92 Å². The van der Waals surface area contributed by atoms with Gasteiger partial charge in [0.25, 0.3) is 0 Å². The maximum absolute atomic E-state index is 4.46. The number of anilines is 1. The van der Waals surface area contributed by atoms with E-state index >= 15 is 0 Å². The summed E-state index contributed by atoms with van der Waals surface area (Å²) < 4.78 is 0. The van der Waals surface area contributed by atoms with Crippen LogP contribution in [0.5, 0.6) is 0 Å². The Morgan fingerprint density at radius 2 is 2.32 bits per heavy atom. The highest BCUT2D eigenvalue weighted by atomic mass is 32.1. The fraction of sp³-hybridized carbons (Fsp3) is 0.400. The molecular formula is C15H19N3S. The molecule has 2 heterocycles. The van der Waals surface area contributed by atoms with Crippen LogP contribution in [-0.4, -0.2) is 18.1 Å². The van der Waals surface area contributed by atoms with Gasteiger partial charge in [0.05, 0.1) is 0 Å². The minimum absolute atomic E-state index is 0.640. The first-order chi connectivity index (χ1) is 9.33. The second kappa shape index (κ2) is 5.72. The monoisotopic (exact) mass is 273 g/mol. The molecule has 1 aromatic heterocycles. The van der Waals surface area contributed by atoms with Crippen molar-refractivity contribution in [2.45, 2.75) is 25.8 Å². The van der Waals surface area contributed by atoms with Gasteiger partial charge in [0.15, 0.2) is 0 Å². The van der Waals surface area contributed by atoms with E-state index in [1.165, 1.54) is 22.7 Å². The van der Waals surface area contributed by atoms with Crippen molar-refractivity contribution in [3.63, 3.8) is 0 Å². The van der Waals surface area contributed by atoms with Crippen molar-refractivity contribution < 1.29 is 0 Å². The number of hydrogen-bond donors (Lipinski definition) is 2. The molecule has 0 spiro atoms. The van der Waals surface area contributed by atoms with Crippen LogP contribution < -0.4 is 10.6 Å². The zero-order chi connectivity index (χ0) is 13.1. The number of para-hydroxylation sites is 1. The Labute approximate surface area is 118 Å². The first kappa shape index (κ1) is 12.6. The second-order valence-electron chi connectivity index (χ2n) is 5.01. The zero-order valence-corrected chi connectivity index (χ0v) is 12.0. The molecule has 0 saturated heterocycles. The van der Waals surface area contributed by atoms with Crippen LogP contribution in [0.25, 0.3) is 0 Å². The Balaban J connectivity index is 1.46. The molecule has 1 aromatic carbocycles. The number of thiazole rings is 1. The molecule has 3 nitrogen and oxygen atoms in total. The molecule has 0 bridgehead atoms. The molecule has 2 N–H and O–H groups in total. The van der Waals surface area contributed by atoms with Gasteiger partial charge in [-0.05, 0) is 31.5 Å². The molecule has 1 atom stereocenters. The number of nitrogens with one attached hydrogen (secondary N) is 2. The lowest BCUT2D eigenvalue weighted by Crippen LogP contribution is -2.17. The van der Waals surface area contributed by atoms with Gasteiger partial charge in [0.1, 0.15) is 5.01 Å². The maximum atomic E-state index is 4.46. The smallest absolute Gasteiger partial charge is 0.107 e. The number of aryl methyl sites for hydroxylation is 1. The summed E-state index contributed by atoms with van der Waals surface area (Å²) in [5.41, 5.74) is 3.90. The van der Waals surface area contributed by atoms with Crippen molar-refractivity contribution in [2.24, 2.45) is 0 Å². The summed E-state index contributed by atoms with van der Waals surface area (Å²) in [4.78, 5) is 4.46. The SMILES string of the molecule is Cc1csc(CNCCC2CNc3ccccc32)n1. The van der Waals surface area contributed by atoms with Crippen molar-refractivity contribution in [3.05, 3.63) is 45.9 Å². The summed E-state index contributed by atoms with van der Waals surface area (Å²) in [6.45, 7) is 5.04. The van der Waals surface area contributed by atoms with Crippen LogP contribution in [0, 0.1) is 6.92 Å². The van der Waals surface area contributed by atoms with Gasteiger partial charge in [-0.1, -0.05) is 18.2 Å². The third-order valence-corrected chi connectivity index (χ3v) is 4.52. The topological polar surface area (TPSA) is 37.0 Å². The lowest BCUT2D eigenvalue weighted by molar-refractivity contribution is 0.591. The summed E-state index contributed by atoms with van der Waals surface area (Å²) >= 11 is 1.73. The van der Waals surface area contributed by atoms with Crippen LogP contribution in [0.4, 0.5) is 5.69 Å². The number of fused-ring (bicyclic) bond motifs is 1. The average molecular weight is 273 g/mol. The molecular weight excluding hydrogens is 254 g/mol. The number of benzene rings is 1. The average Bonchev–Trinajstić information content (AvgIpc) is 3.02. The van der Waals surface area contributed by atoms with Gasteiger partial charge in [-0.3, -0.25) is 0 Å². The molecule has 0 fully saturated rings. The molecule has 0 amide bonds. The maximum Gasteiger partial charge on any atom is 0.107 e. The molecule has 2 aromatic rings. The van der Waals surface area contributed by atoms with Crippen molar-refractivity contribution in [1.82, 2.24) is 10.3 Å². The number of hydrogen-bond acceptors (Lipinski definition) is 4. The Kier molecular flexibility index (Phi) is 3.80. The zero-order valence-electron chi connectivity index (χ0n) is 11.1. The van der Waals surface area contributed by atoms with Crippen LogP contribution in [0.2, 0.25) is 0 Å². The van der Waals surface area contributed by atoms with E-state index in [2.05, 4.69) is 45.3 Å². The minimum atomic E-state index is 0.640. The number of nitrogens with zero attached hydrogens (tertiary/aromatic N) is 1. The molecule has 19 heavy (non-hydrogen) atoms.